The van der Waals surface area contributed by atoms with E-state index in [-0.39, 0.29) is 22.0 Å². The Morgan fingerprint density at radius 1 is 1.30 bits per heavy atom. The lowest BCUT2D eigenvalue weighted by molar-refractivity contribution is -0.385. The molecule has 1 fully saturated rings. The monoisotopic (exact) mass is 434 g/mol. The summed E-state index contributed by atoms with van der Waals surface area (Å²) in [5, 5.41) is 15.9. The number of anilines is 1. The van der Waals surface area contributed by atoms with Crippen LogP contribution in [0.4, 0.5) is 20.6 Å². The van der Waals surface area contributed by atoms with Crippen LogP contribution in [0.5, 0.6) is 0 Å². The summed E-state index contributed by atoms with van der Waals surface area (Å²) in [6.07, 6.45) is 0. The largest absolute Gasteiger partial charge is 0.325 e. The fourth-order valence-corrected chi connectivity index (χ4v) is 3.50. The number of halogens is 2. The highest BCUT2D eigenvalue weighted by molar-refractivity contribution is 6.32. The lowest BCUT2D eigenvalue weighted by Crippen LogP contribution is -2.42. The fourth-order valence-electron chi connectivity index (χ4n) is 3.15. The Morgan fingerprint density at radius 3 is 2.63 bits per heavy atom. The maximum absolute atomic E-state index is 13.3. The summed E-state index contributed by atoms with van der Waals surface area (Å²) >= 11 is 6.03. The summed E-state index contributed by atoms with van der Waals surface area (Å²) in [6, 6.07) is 6.69. The van der Waals surface area contributed by atoms with Crippen molar-refractivity contribution < 1.29 is 23.7 Å². The number of hydrogen-bond acceptors (Lipinski definition) is 5. The number of carbonyl (C=O) groups excluding carboxylic acids is 3. The molecule has 9 nitrogen and oxygen atoms in total. The van der Waals surface area contributed by atoms with Crippen LogP contribution in [-0.4, -0.2) is 34.2 Å². The molecule has 2 N–H and O–H groups in total. The van der Waals surface area contributed by atoms with Crippen LogP contribution in [0, 0.1) is 22.9 Å². The molecule has 2 aromatic rings. The third-order valence-corrected chi connectivity index (χ3v) is 5.05. The molecule has 1 atom stereocenters. The first-order valence-corrected chi connectivity index (χ1v) is 9.05. The second-order valence-corrected chi connectivity index (χ2v) is 7.28. The molecule has 0 aliphatic carbocycles. The van der Waals surface area contributed by atoms with E-state index in [2.05, 4.69) is 10.6 Å². The van der Waals surface area contributed by atoms with Gasteiger partial charge in [0, 0.05) is 27.9 Å². The van der Waals surface area contributed by atoms with Gasteiger partial charge in [0.2, 0.25) is 5.91 Å². The maximum atomic E-state index is 13.3. The number of nitro benzene ring substituents is 1. The lowest BCUT2D eigenvalue weighted by atomic mass is 9.92. The van der Waals surface area contributed by atoms with E-state index in [4.69, 9.17) is 11.6 Å². The molecule has 30 heavy (non-hydrogen) atoms. The molecule has 156 valence electrons. The average molecular weight is 435 g/mol. The van der Waals surface area contributed by atoms with Crippen LogP contribution in [-0.2, 0) is 15.1 Å². The molecule has 2 aromatic carbocycles. The molecule has 0 bridgehead atoms. The Morgan fingerprint density at radius 2 is 2.00 bits per heavy atom. The highest BCUT2D eigenvalue weighted by Crippen LogP contribution is 2.34. The molecule has 1 heterocycles. The van der Waals surface area contributed by atoms with Crippen LogP contribution in [0.15, 0.2) is 36.4 Å². The highest BCUT2D eigenvalue weighted by atomic mass is 35.5. The SMILES string of the molecule is Cc1ccc(NC(=O)CN2C(=O)NC(C)(c3ccc(F)cc3Cl)C2=O)cc1[N+](=O)[O-]. The van der Waals surface area contributed by atoms with Crippen molar-refractivity contribution in [2.75, 3.05) is 11.9 Å². The summed E-state index contributed by atoms with van der Waals surface area (Å²) in [7, 11) is 0. The van der Waals surface area contributed by atoms with Gasteiger partial charge in [-0.15, -0.1) is 0 Å². The normalized spacial score (nSPS) is 18.3. The van der Waals surface area contributed by atoms with Gasteiger partial charge < -0.3 is 10.6 Å². The summed E-state index contributed by atoms with van der Waals surface area (Å²) in [5.74, 6) is -2.08. The smallest absolute Gasteiger partial charge is 0.324 e. The summed E-state index contributed by atoms with van der Waals surface area (Å²) in [4.78, 5) is 48.7. The van der Waals surface area contributed by atoms with Crippen molar-refractivity contribution in [3.8, 4) is 0 Å². The standard InChI is InChI=1S/C19H16ClFN4O5/c1-10-3-5-12(8-15(10)25(29)30)22-16(26)9-24-17(27)19(2,23-18(24)28)13-6-4-11(21)7-14(13)20/h3-8H,9H2,1-2H3,(H,22,26)(H,23,28). The molecule has 1 aliphatic heterocycles. The van der Waals surface area contributed by atoms with Gasteiger partial charge in [0.25, 0.3) is 11.6 Å². The summed E-state index contributed by atoms with van der Waals surface area (Å²) in [6.45, 7) is 2.33. The number of carbonyl (C=O) groups is 3. The zero-order valence-corrected chi connectivity index (χ0v) is 16.6. The Hall–Kier alpha value is -3.53. The molecule has 3 rings (SSSR count). The van der Waals surface area contributed by atoms with Gasteiger partial charge in [-0.25, -0.2) is 9.18 Å². The van der Waals surface area contributed by atoms with Crippen molar-refractivity contribution in [3.63, 3.8) is 0 Å². The first-order valence-electron chi connectivity index (χ1n) is 8.67. The van der Waals surface area contributed by atoms with Gasteiger partial charge >= 0.3 is 6.03 Å². The Bertz CT molecular complexity index is 1090. The molecule has 0 saturated carbocycles. The third kappa shape index (κ3) is 3.81. The minimum Gasteiger partial charge on any atom is -0.324 e. The number of urea groups is 1. The lowest BCUT2D eigenvalue weighted by Gasteiger charge is -2.23. The van der Waals surface area contributed by atoms with Crippen molar-refractivity contribution >= 4 is 40.8 Å². The maximum Gasteiger partial charge on any atom is 0.325 e. The number of hydrogen-bond donors (Lipinski definition) is 2. The quantitative estimate of drug-likeness (QED) is 0.425. The van der Waals surface area contributed by atoms with Crippen molar-refractivity contribution in [1.82, 2.24) is 10.2 Å². The number of amides is 4. The number of nitrogens with zero attached hydrogens (tertiary/aromatic N) is 2. The average Bonchev–Trinajstić information content (AvgIpc) is 2.86. The highest BCUT2D eigenvalue weighted by Gasteiger charge is 2.50. The first kappa shape index (κ1) is 21.2. The van der Waals surface area contributed by atoms with Crippen LogP contribution in [0.3, 0.4) is 0 Å². The summed E-state index contributed by atoms with van der Waals surface area (Å²) < 4.78 is 13.3. The zero-order valence-electron chi connectivity index (χ0n) is 15.9. The molecule has 1 unspecified atom stereocenters. The molecule has 1 saturated heterocycles. The predicted molar refractivity (Wildman–Crippen MR) is 105 cm³/mol. The van der Waals surface area contributed by atoms with E-state index in [0.717, 1.165) is 12.1 Å². The van der Waals surface area contributed by atoms with Crippen molar-refractivity contribution in [1.29, 1.82) is 0 Å². The number of imide groups is 1. The van der Waals surface area contributed by atoms with E-state index in [1.807, 2.05) is 0 Å². The van der Waals surface area contributed by atoms with Crippen LogP contribution in [0.25, 0.3) is 0 Å². The second kappa shape index (κ2) is 7.71. The Kier molecular flexibility index (Phi) is 5.45. The topological polar surface area (TPSA) is 122 Å². The summed E-state index contributed by atoms with van der Waals surface area (Å²) in [5.41, 5.74) is -1.01. The van der Waals surface area contributed by atoms with Crippen LogP contribution in [0.1, 0.15) is 18.1 Å². The molecular formula is C19H16ClFN4O5. The minimum absolute atomic E-state index is 0.0515. The Labute approximate surface area is 175 Å². The number of aryl methyl sites for hydroxylation is 1. The molecule has 0 spiro atoms. The minimum atomic E-state index is -1.58. The van der Waals surface area contributed by atoms with Crippen molar-refractivity contribution in [2.24, 2.45) is 0 Å². The van der Waals surface area contributed by atoms with E-state index < -0.39 is 40.7 Å². The van der Waals surface area contributed by atoms with Gasteiger partial charge in [-0.3, -0.25) is 24.6 Å². The van der Waals surface area contributed by atoms with E-state index >= 15 is 0 Å². The van der Waals surface area contributed by atoms with E-state index in [1.165, 1.54) is 31.2 Å². The van der Waals surface area contributed by atoms with Gasteiger partial charge in [0.15, 0.2) is 0 Å². The van der Waals surface area contributed by atoms with Crippen molar-refractivity contribution in [2.45, 2.75) is 19.4 Å². The molecule has 4 amide bonds. The van der Waals surface area contributed by atoms with Gasteiger partial charge in [0.1, 0.15) is 17.9 Å². The third-order valence-electron chi connectivity index (χ3n) is 4.74. The molecule has 11 heteroatoms. The second-order valence-electron chi connectivity index (χ2n) is 6.88. The van der Waals surface area contributed by atoms with E-state index in [9.17, 15) is 28.9 Å². The molecule has 0 radical (unpaired) electrons. The van der Waals surface area contributed by atoms with E-state index in [0.29, 0.717) is 10.5 Å². The first-order chi connectivity index (χ1) is 14.0. The van der Waals surface area contributed by atoms with Gasteiger partial charge in [-0.2, -0.15) is 0 Å². The van der Waals surface area contributed by atoms with Crippen LogP contribution in [0.2, 0.25) is 5.02 Å². The number of nitro groups is 1. The predicted octanol–water partition coefficient (Wildman–Crippen LogP) is 3.10. The Balaban J connectivity index is 1.78. The molecule has 0 aromatic heterocycles. The number of nitrogens with one attached hydrogen (secondary N) is 2. The molecule has 1 aliphatic rings. The fraction of sp³-hybridized carbons (Fsp3) is 0.211. The van der Waals surface area contributed by atoms with Crippen LogP contribution < -0.4 is 10.6 Å². The van der Waals surface area contributed by atoms with Crippen molar-refractivity contribution in [3.05, 3.63) is 68.5 Å². The number of benzene rings is 2. The van der Waals surface area contributed by atoms with Gasteiger partial charge in [0.05, 0.1) is 4.92 Å². The van der Waals surface area contributed by atoms with E-state index in [1.54, 1.807) is 6.92 Å². The zero-order chi connectivity index (χ0) is 22.2. The number of rotatable bonds is 5. The van der Waals surface area contributed by atoms with Gasteiger partial charge in [-0.1, -0.05) is 23.7 Å². The molecular weight excluding hydrogens is 419 g/mol. The van der Waals surface area contributed by atoms with Crippen LogP contribution >= 0.6 is 11.6 Å². The van der Waals surface area contributed by atoms with Gasteiger partial charge in [-0.05, 0) is 32.0 Å².